The Morgan fingerprint density at radius 3 is 1.76 bits per heavy atom. The molecule has 0 spiro atoms. The van der Waals surface area contributed by atoms with E-state index >= 15 is 0 Å². The van der Waals surface area contributed by atoms with Crippen molar-refractivity contribution in [3.05, 3.63) is 78.7 Å². The molecule has 2 aromatic rings. The lowest BCUT2D eigenvalue weighted by Gasteiger charge is -2.45. The summed E-state index contributed by atoms with van der Waals surface area (Å²) in [6.45, 7) is 17.0. The van der Waals surface area contributed by atoms with Crippen LogP contribution in [0.1, 0.15) is 123 Å². The van der Waals surface area contributed by atoms with Crippen LogP contribution in [0.25, 0.3) is 0 Å². The molecule has 2 aromatic carbocycles. The highest BCUT2D eigenvalue weighted by molar-refractivity contribution is 5.95. The first kappa shape index (κ1) is 39.0. The predicted molar refractivity (Wildman–Crippen MR) is 189 cm³/mol. The van der Waals surface area contributed by atoms with Gasteiger partial charge in [0.15, 0.2) is 5.78 Å². The molecule has 4 atom stereocenters. The number of Topliss-reactive ketones (excluding diaryl/α,β-unsaturated/α-hetero) is 1. The summed E-state index contributed by atoms with van der Waals surface area (Å²) in [5.74, 6) is 0.217. The average molecular weight is 634 g/mol. The maximum atomic E-state index is 14.2. The molecule has 2 unspecified atom stereocenters. The number of unbranched alkanes of at least 4 members (excludes halogenated alkanes) is 2. The van der Waals surface area contributed by atoms with Crippen LogP contribution >= 0.6 is 0 Å². The van der Waals surface area contributed by atoms with Crippen LogP contribution in [0, 0.1) is 24.7 Å². The highest BCUT2D eigenvalue weighted by Gasteiger charge is 2.46. The number of benzene rings is 2. The van der Waals surface area contributed by atoms with Crippen LogP contribution in [-0.4, -0.2) is 29.9 Å². The van der Waals surface area contributed by atoms with Crippen LogP contribution in [0.5, 0.6) is 0 Å². The number of ether oxygens (including phenoxy) is 1. The molecule has 255 valence electrons. The summed E-state index contributed by atoms with van der Waals surface area (Å²) in [7, 11) is 0. The van der Waals surface area contributed by atoms with Crippen molar-refractivity contribution in [1.29, 1.82) is 0 Å². The molecule has 6 nitrogen and oxygen atoms in total. The van der Waals surface area contributed by atoms with E-state index in [0.717, 1.165) is 75.3 Å². The number of carbonyl (C=O) groups excluding carboxylic acids is 3. The van der Waals surface area contributed by atoms with Crippen molar-refractivity contribution < 1.29 is 19.1 Å². The summed E-state index contributed by atoms with van der Waals surface area (Å²) in [4.78, 5) is 40.9. The zero-order chi connectivity index (χ0) is 34.0. The molecule has 6 heteroatoms. The van der Waals surface area contributed by atoms with E-state index in [9.17, 15) is 14.4 Å². The molecular weight excluding hydrogens is 572 g/mol. The van der Waals surface area contributed by atoms with E-state index in [2.05, 4.69) is 57.4 Å². The van der Waals surface area contributed by atoms with Crippen LogP contribution < -0.4 is 10.6 Å². The van der Waals surface area contributed by atoms with Gasteiger partial charge in [0.2, 0.25) is 5.91 Å². The molecule has 0 saturated heterocycles. The molecule has 0 aliphatic heterocycles. The SMILES string of the molecule is [CH2]C(=O)[C@@H](NC(=O)[C@H](CC(C)C)NC(=O)OCc1ccccc1)C(CC(CC)CCCC)(CC(CC)CCCC)c1ccccc1. The second-order valence-electron chi connectivity index (χ2n) is 13.6. The number of ketones is 1. The van der Waals surface area contributed by atoms with Gasteiger partial charge in [0, 0.05) is 12.3 Å². The van der Waals surface area contributed by atoms with E-state index in [1.165, 1.54) is 0 Å². The summed E-state index contributed by atoms with van der Waals surface area (Å²) >= 11 is 0. The molecular formula is C40H61N2O4. The van der Waals surface area contributed by atoms with Gasteiger partial charge in [0.05, 0.1) is 6.04 Å². The van der Waals surface area contributed by atoms with E-state index in [0.29, 0.717) is 18.3 Å². The van der Waals surface area contributed by atoms with Crippen LogP contribution in [0.4, 0.5) is 4.79 Å². The van der Waals surface area contributed by atoms with Gasteiger partial charge < -0.3 is 15.4 Å². The van der Waals surface area contributed by atoms with Gasteiger partial charge in [0.25, 0.3) is 0 Å². The van der Waals surface area contributed by atoms with Crippen molar-refractivity contribution in [2.45, 2.75) is 136 Å². The maximum absolute atomic E-state index is 14.2. The second-order valence-corrected chi connectivity index (χ2v) is 13.6. The lowest BCUT2D eigenvalue weighted by Crippen LogP contribution is -2.59. The normalized spacial score (nSPS) is 15.3. The Hall–Kier alpha value is -3.15. The summed E-state index contributed by atoms with van der Waals surface area (Å²) in [6, 6.07) is 18.0. The van der Waals surface area contributed by atoms with Crippen LogP contribution in [-0.2, 0) is 26.3 Å². The fraction of sp³-hybridized carbons (Fsp3) is 0.600. The Kier molecular flexibility index (Phi) is 17.7. The average Bonchev–Trinajstić information content (AvgIpc) is 3.06. The summed E-state index contributed by atoms with van der Waals surface area (Å²) < 4.78 is 5.48. The number of rotatable bonds is 22. The number of carbonyl (C=O) groups is 3. The molecule has 2 amide bonds. The van der Waals surface area contributed by atoms with Crippen LogP contribution in [0.2, 0.25) is 0 Å². The fourth-order valence-corrected chi connectivity index (χ4v) is 6.79. The lowest BCUT2D eigenvalue weighted by molar-refractivity contribution is -0.129. The summed E-state index contributed by atoms with van der Waals surface area (Å²) in [5, 5.41) is 6.00. The van der Waals surface area contributed by atoms with Crippen LogP contribution in [0.3, 0.4) is 0 Å². The standard InChI is InChI=1S/C40H61N2O4/c1-8-12-20-32(10-3)27-40(35-24-18-15-19-25-35,28-33(11-4)21-13-9-2)37(31(7)43)42-38(44)36(26-30(5)6)41-39(45)46-29-34-22-16-14-17-23-34/h14-19,22-25,30,32-33,36-37H,7-13,20-21,26-29H2,1-6H3,(H,41,45)(H,42,44)/t32?,33?,36-,37+,40?/m0/s1. The smallest absolute Gasteiger partial charge is 0.408 e. The summed E-state index contributed by atoms with van der Waals surface area (Å²) in [6.07, 6.45) is 9.92. The number of amides is 2. The molecule has 1 radical (unpaired) electrons. The topological polar surface area (TPSA) is 84.5 Å². The van der Waals surface area contributed by atoms with Gasteiger partial charge >= 0.3 is 6.09 Å². The molecule has 0 aliphatic rings. The molecule has 0 aliphatic carbocycles. The van der Waals surface area contributed by atoms with E-state index < -0.39 is 23.6 Å². The third kappa shape index (κ3) is 12.6. The number of hydrogen-bond acceptors (Lipinski definition) is 4. The van der Waals surface area contributed by atoms with E-state index in [1.807, 2.05) is 62.4 Å². The molecule has 2 rings (SSSR count). The minimum absolute atomic E-state index is 0.103. The second kappa shape index (κ2) is 20.9. The monoisotopic (exact) mass is 633 g/mol. The van der Waals surface area contributed by atoms with Crippen molar-refractivity contribution >= 4 is 17.8 Å². The van der Waals surface area contributed by atoms with Gasteiger partial charge in [-0.25, -0.2) is 4.79 Å². The zero-order valence-electron chi connectivity index (χ0n) is 29.5. The first-order valence-electron chi connectivity index (χ1n) is 17.8. The van der Waals surface area contributed by atoms with Crippen molar-refractivity contribution in [3.63, 3.8) is 0 Å². The van der Waals surface area contributed by atoms with E-state index in [1.54, 1.807) is 0 Å². The molecule has 0 saturated carbocycles. The molecule has 2 N–H and O–H groups in total. The Morgan fingerprint density at radius 1 is 0.783 bits per heavy atom. The largest absolute Gasteiger partial charge is 0.445 e. The van der Waals surface area contributed by atoms with Crippen LogP contribution in [0.15, 0.2) is 60.7 Å². The van der Waals surface area contributed by atoms with E-state index in [-0.39, 0.29) is 24.2 Å². The molecule has 46 heavy (non-hydrogen) atoms. The van der Waals surface area contributed by atoms with Crippen molar-refractivity contribution in [3.8, 4) is 0 Å². The number of hydrogen-bond donors (Lipinski definition) is 2. The Balaban J connectivity index is 2.53. The van der Waals surface area contributed by atoms with Gasteiger partial charge in [-0.3, -0.25) is 9.59 Å². The highest BCUT2D eigenvalue weighted by atomic mass is 16.5. The van der Waals surface area contributed by atoms with Gasteiger partial charge in [-0.2, -0.15) is 0 Å². The van der Waals surface area contributed by atoms with Gasteiger partial charge in [-0.15, -0.1) is 0 Å². The third-order valence-electron chi connectivity index (χ3n) is 9.43. The Morgan fingerprint density at radius 2 is 1.30 bits per heavy atom. The number of nitrogens with one attached hydrogen (secondary N) is 2. The minimum Gasteiger partial charge on any atom is -0.445 e. The van der Waals surface area contributed by atoms with Crippen molar-refractivity contribution in [2.24, 2.45) is 17.8 Å². The quantitative estimate of drug-likeness (QED) is 0.135. The fourth-order valence-electron chi connectivity index (χ4n) is 6.79. The van der Waals surface area contributed by atoms with Crippen molar-refractivity contribution in [1.82, 2.24) is 10.6 Å². The predicted octanol–water partition coefficient (Wildman–Crippen LogP) is 9.37. The van der Waals surface area contributed by atoms with Crippen molar-refractivity contribution in [2.75, 3.05) is 0 Å². The maximum Gasteiger partial charge on any atom is 0.408 e. The van der Waals surface area contributed by atoms with Gasteiger partial charge in [-0.1, -0.05) is 154 Å². The molecule has 0 bridgehead atoms. The lowest BCUT2D eigenvalue weighted by atomic mass is 9.61. The highest BCUT2D eigenvalue weighted by Crippen LogP contribution is 2.44. The minimum atomic E-state index is -0.859. The van der Waals surface area contributed by atoms with E-state index in [4.69, 9.17) is 4.74 Å². The zero-order valence-corrected chi connectivity index (χ0v) is 29.5. The Labute approximate surface area is 279 Å². The first-order chi connectivity index (χ1) is 22.1. The molecule has 0 fully saturated rings. The first-order valence-corrected chi connectivity index (χ1v) is 17.8. The summed E-state index contributed by atoms with van der Waals surface area (Å²) in [5.41, 5.74) is 1.28. The van der Waals surface area contributed by atoms with Gasteiger partial charge in [0.1, 0.15) is 12.6 Å². The number of alkyl carbamates (subject to hydrolysis) is 1. The third-order valence-corrected chi connectivity index (χ3v) is 9.43. The Bertz CT molecular complexity index is 1130. The molecule has 0 aromatic heterocycles. The van der Waals surface area contributed by atoms with Gasteiger partial charge in [-0.05, 0) is 48.1 Å². The molecule has 0 heterocycles.